The molecule has 158 valence electrons. The smallest absolute Gasteiger partial charge is 0.260 e. The van der Waals surface area contributed by atoms with Crippen LogP contribution in [-0.4, -0.2) is 33.2 Å². The van der Waals surface area contributed by atoms with Gasteiger partial charge in [0.25, 0.3) is 5.56 Å². The van der Waals surface area contributed by atoms with E-state index < -0.39 is 0 Å². The maximum atomic E-state index is 12.9. The summed E-state index contributed by atoms with van der Waals surface area (Å²) in [6.45, 7) is 3.40. The maximum Gasteiger partial charge on any atom is 0.260 e. The first kappa shape index (κ1) is 20.4. The number of imidazole rings is 1. The summed E-state index contributed by atoms with van der Waals surface area (Å²) in [7, 11) is 1.70. The van der Waals surface area contributed by atoms with Crippen molar-refractivity contribution in [2.75, 3.05) is 13.7 Å². The van der Waals surface area contributed by atoms with Crippen molar-refractivity contribution < 1.29 is 4.74 Å². The first-order valence-corrected chi connectivity index (χ1v) is 12.5. The van der Waals surface area contributed by atoms with Crippen molar-refractivity contribution in [2.24, 2.45) is 0 Å². The Balaban J connectivity index is 1.45. The number of aromatic amines is 1. The largest absolute Gasteiger partial charge is 0.383 e. The van der Waals surface area contributed by atoms with Gasteiger partial charge in [0.1, 0.15) is 10.7 Å². The van der Waals surface area contributed by atoms with Gasteiger partial charge in [0, 0.05) is 34.4 Å². The fourth-order valence-corrected chi connectivity index (χ4v) is 6.35. The van der Waals surface area contributed by atoms with E-state index >= 15 is 0 Å². The summed E-state index contributed by atoms with van der Waals surface area (Å²) in [6.07, 6.45) is 0. The van der Waals surface area contributed by atoms with Gasteiger partial charge in [-0.1, -0.05) is 23.9 Å². The Labute approximate surface area is 190 Å². The zero-order valence-electron chi connectivity index (χ0n) is 17.0. The van der Waals surface area contributed by atoms with Crippen LogP contribution in [0.2, 0.25) is 0 Å². The van der Waals surface area contributed by atoms with Crippen LogP contribution in [-0.2, 0) is 17.0 Å². The van der Waals surface area contributed by atoms with Gasteiger partial charge in [-0.15, -0.1) is 22.7 Å². The van der Waals surface area contributed by atoms with Crippen LogP contribution in [0.4, 0.5) is 0 Å². The number of hydrogen-bond donors (Lipinski definition) is 1. The number of aromatic nitrogens is 4. The van der Waals surface area contributed by atoms with Crippen molar-refractivity contribution in [3.8, 4) is 10.4 Å². The number of para-hydroxylation sites is 2. The molecule has 5 aromatic rings. The van der Waals surface area contributed by atoms with Crippen molar-refractivity contribution in [3.63, 3.8) is 0 Å². The third kappa shape index (κ3) is 3.94. The molecule has 0 atom stereocenters. The van der Waals surface area contributed by atoms with Crippen LogP contribution >= 0.6 is 34.4 Å². The molecule has 6 nitrogen and oxygen atoms in total. The average molecular weight is 469 g/mol. The minimum absolute atomic E-state index is 0.0872. The second kappa shape index (κ2) is 8.58. The molecule has 4 heterocycles. The molecule has 0 saturated heterocycles. The number of aryl methyl sites for hydroxylation is 1. The number of rotatable bonds is 7. The van der Waals surface area contributed by atoms with E-state index in [0.717, 1.165) is 38.0 Å². The number of thiophene rings is 2. The highest BCUT2D eigenvalue weighted by Gasteiger charge is 2.16. The molecule has 0 aliphatic carbocycles. The summed E-state index contributed by atoms with van der Waals surface area (Å²) < 4.78 is 7.43. The number of ether oxygens (including phenoxy) is 1. The van der Waals surface area contributed by atoms with E-state index in [1.54, 1.807) is 30.2 Å². The van der Waals surface area contributed by atoms with Gasteiger partial charge < -0.3 is 14.3 Å². The normalized spacial score (nSPS) is 11.7. The second-order valence-corrected chi connectivity index (χ2v) is 10.2. The molecule has 1 aromatic carbocycles. The van der Waals surface area contributed by atoms with E-state index in [9.17, 15) is 4.79 Å². The second-order valence-electron chi connectivity index (χ2n) is 7.07. The lowest BCUT2D eigenvalue weighted by molar-refractivity contribution is 0.186. The van der Waals surface area contributed by atoms with E-state index in [0.29, 0.717) is 23.6 Å². The number of fused-ring (bicyclic) bond motifs is 2. The van der Waals surface area contributed by atoms with Gasteiger partial charge in [-0.3, -0.25) is 4.79 Å². The van der Waals surface area contributed by atoms with E-state index in [1.165, 1.54) is 16.2 Å². The standard InChI is InChI=1S/C22H20N4O2S3/c1-13-7-8-17(31-13)14-11-29-21-19(14)20(27)24-18(25-21)12-30-22-23-15-5-3-4-6-16(15)26(22)9-10-28-2/h3-8,11H,9-10,12H2,1-2H3,(H,24,25,27). The maximum absolute atomic E-state index is 12.9. The molecule has 0 aliphatic heterocycles. The zero-order chi connectivity index (χ0) is 21.4. The van der Waals surface area contributed by atoms with Gasteiger partial charge in [0.15, 0.2) is 5.16 Å². The summed E-state index contributed by atoms with van der Waals surface area (Å²) in [5.74, 6) is 1.19. The molecule has 0 unspecified atom stereocenters. The Morgan fingerprint density at radius 3 is 2.87 bits per heavy atom. The molecule has 0 saturated carbocycles. The molecular formula is C22H20N4O2S3. The summed E-state index contributed by atoms with van der Waals surface area (Å²) in [4.78, 5) is 28.5. The van der Waals surface area contributed by atoms with Crippen molar-refractivity contribution >= 4 is 55.7 Å². The summed E-state index contributed by atoms with van der Waals surface area (Å²) in [5, 5.41) is 3.59. The fraction of sp³-hybridized carbons (Fsp3) is 0.227. The highest BCUT2D eigenvalue weighted by molar-refractivity contribution is 7.98. The fourth-order valence-electron chi connectivity index (χ4n) is 3.52. The van der Waals surface area contributed by atoms with E-state index in [2.05, 4.69) is 34.7 Å². The van der Waals surface area contributed by atoms with Crippen LogP contribution in [0.3, 0.4) is 0 Å². The molecule has 0 spiro atoms. The van der Waals surface area contributed by atoms with Crippen LogP contribution in [0.5, 0.6) is 0 Å². The third-order valence-corrected chi connectivity index (χ3v) is 7.87. The molecule has 0 aliphatic rings. The number of H-pyrrole nitrogens is 1. The predicted octanol–water partition coefficient (Wildman–Crippen LogP) is 5.31. The topological polar surface area (TPSA) is 72.8 Å². The third-order valence-electron chi connectivity index (χ3n) is 4.98. The van der Waals surface area contributed by atoms with Crippen molar-refractivity contribution in [3.05, 3.63) is 62.8 Å². The quantitative estimate of drug-likeness (QED) is 0.328. The lowest BCUT2D eigenvalue weighted by Crippen LogP contribution is -2.11. The van der Waals surface area contributed by atoms with E-state index in [-0.39, 0.29) is 5.56 Å². The van der Waals surface area contributed by atoms with Gasteiger partial charge in [0.2, 0.25) is 0 Å². The molecule has 4 aromatic heterocycles. The minimum atomic E-state index is -0.0872. The predicted molar refractivity (Wildman–Crippen MR) is 129 cm³/mol. The van der Waals surface area contributed by atoms with Crippen LogP contribution < -0.4 is 5.56 Å². The van der Waals surface area contributed by atoms with Crippen LogP contribution in [0.25, 0.3) is 31.7 Å². The minimum Gasteiger partial charge on any atom is -0.383 e. The molecule has 0 amide bonds. The first-order chi connectivity index (χ1) is 15.1. The Bertz CT molecular complexity index is 1430. The van der Waals surface area contributed by atoms with Gasteiger partial charge in [-0.2, -0.15) is 0 Å². The summed E-state index contributed by atoms with van der Waals surface area (Å²) in [5.41, 5.74) is 2.91. The average Bonchev–Trinajstić information content (AvgIpc) is 3.47. The molecular weight excluding hydrogens is 448 g/mol. The number of nitrogens with one attached hydrogen (secondary N) is 1. The Morgan fingerprint density at radius 2 is 2.06 bits per heavy atom. The Kier molecular flexibility index (Phi) is 5.66. The molecule has 9 heteroatoms. The lowest BCUT2D eigenvalue weighted by Gasteiger charge is -2.08. The van der Waals surface area contributed by atoms with Gasteiger partial charge in [-0.25, -0.2) is 9.97 Å². The molecule has 0 fully saturated rings. The summed E-state index contributed by atoms with van der Waals surface area (Å²) >= 11 is 4.78. The Hall–Kier alpha value is -2.46. The SMILES string of the molecule is COCCn1c(SCc2nc3scc(-c4ccc(C)s4)c3c(=O)[nH]2)nc2ccccc21. The number of hydrogen-bond acceptors (Lipinski definition) is 7. The highest BCUT2D eigenvalue weighted by Crippen LogP contribution is 2.35. The monoisotopic (exact) mass is 468 g/mol. The van der Waals surface area contributed by atoms with Crippen molar-refractivity contribution in [1.29, 1.82) is 0 Å². The number of methoxy groups -OCH3 is 1. The number of benzene rings is 1. The highest BCUT2D eigenvalue weighted by atomic mass is 32.2. The van der Waals surface area contributed by atoms with Gasteiger partial charge >= 0.3 is 0 Å². The van der Waals surface area contributed by atoms with Crippen LogP contribution in [0.15, 0.2) is 51.7 Å². The molecule has 0 bridgehead atoms. The molecule has 1 N–H and O–H groups in total. The zero-order valence-corrected chi connectivity index (χ0v) is 19.5. The van der Waals surface area contributed by atoms with Gasteiger partial charge in [0.05, 0.1) is 28.8 Å². The van der Waals surface area contributed by atoms with E-state index in [4.69, 9.17) is 14.7 Å². The summed E-state index contributed by atoms with van der Waals surface area (Å²) in [6, 6.07) is 12.2. The van der Waals surface area contributed by atoms with Crippen molar-refractivity contribution in [1.82, 2.24) is 19.5 Å². The van der Waals surface area contributed by atoms with Crippen LogP contribution in [0, 0.1) is 6.92 Å². The Morgan fingerprint density at radius 1 is 1.19 bits per heavy atom. The number of thioether (sulfide) groups is 1. The molecule has 31 heavy (non-hydrogen) atoms. The first-order valence-electron chi connectivity index (χ1n) is 9.78. The molecule has 5 rings (SSSR count). The van der Waals surface area contributed by atoms with E-state index in [1.807, 2.05) is 23.6 Å². The van der Waals surface area contributed by atoms with Gasteiger partial charge in [-0.05, 0) is 31.2 Å². The van der Waals surface area contributed by atoms with Crippen molar-refractivity contribution in [2.45, 2.75) is 24.4 Å². The molecule has 0 radical (unpaired) electrons. The van der Waals surface area contributed by atoms with Crippen LogP contribution in [0.1, 0.15) is 10.7 Å². The lowest BCUT2D eigenvalue weighted by atomic mass is 10.2. The number of nitrogens with zero attached hydrogens (tertiary/aromatic N) is 3.